The van der Waals surface area contributed by atoms with Gasteiger partial charge in [0.25, 0.3) is 0 Å². The molecule has 25 heavy (non-hydrogen) atoms. The summed E-state index contributed by atoms with van der Waals surface area (Å²) in [7, 11) is 1.77. The van der Waals surface area contributed by atoms with E-state index in [1.807, 2.05) is 0 Å². The second-order valence-electron chi connectivity index (χ2n) is 9.42. The minimum atomic E-state index is -1.11. The van der Waals surface area contributed by atoms with Crippen molar-refractivity contribution >= 4 is 5.78 Å². The highest BCUT2D eigenvalue weighted by Crippen LogP contribution is 2.67. The van der Waals surface area contributed by atoms with Crippen LogP contribution in [-0.4, -0.2) is 23.6 Å². The van der Waals surface area contributed by atoms with Crippen molar-refractivity contribution in [1.29, 1.82) is 0 Å². The quantitative estimate of drug-likeness (QED) is 0.807. The van der Waals surface area contributed by atoms with E-state index in [0.717, 1.165) is 44.3 Å². The Balaban J connectivity index is 1.70. The third kappa shape index (κ3) is 2.11. The third-order valence-corrected chi connectivity index (χ3v) is 8.73. The molecule has 0 saturated heterocycles. The van der Waals surface area contributed by atoms with Crippen LogP contribution < -0.4 is 0 Å². The lowest BCUT2D eigenvalue weighted by atomic mass is 9.47. The number of ketones is 1. The molecular formula is C22H32O3. The number of carbonyl (C=O) groups excluding carboxylic acids is 1. The minimum absolute atomic E-state index is 0.0282. The fraction of sp³-hybridized carbons (Fsp3) is 0.773. The molecule has 2 fully saturated rings. The van der Waals surface area contributed by atoms with Gasteiger partial charge in [-0.25, -0.2) is 0 Å². The van der Waals surface area contributed by atoms with Crippen molar-refractivity contribution in [2.45, 2.75) is 71.3 Å². The molecule has 3 nitrogen and oxygen atoms in total. The summed E-state index contributed by atoms with van der Waals surface area (Å²) in [4.78, 5) is 12.3. The second kappa shape index (κ2) is 5.45. The maximum Gasteiger partial charge on any atom is 0.161 e. The molecule has 4 aliphatic rings. The maximum atomic E-state index is 12.3. The van der Waals surface area contributed by atoms with E-state index in [4.69, 9.17) is 4.74 Å². The Hall–Kier alpha value is -1.09. The average Bonchev–Trinajstić information content (AvgIpc) is 2.87. The van der Waals surface area contributed by atoms with Gasteiger partial charge in [0.2, 0.25) is 0 Å². The zero-order valence-corrected chi connectivity index (χ0v) is 16.1. The Labute approximate surface area is 151 Å². The molecule has 0 spiro atoms. The number of fused-ring (bicyclic) bond motifs is 5. The van der Waals surface area contributed by atoms with Gasteiger partial charge in [-0.1, -0.05) is 19.9 Å². The van der Waals surface area contributed by atoms with E-state index in [9.17, 15) is 9.90 Å². The number of aliphatic hydroxyl groups is 1. The second-order valence-corrected chi connectivity index (χ2v) is 9.42. The van der Waals surface area contributed by atoms with E-state index in [-0.39, 0.29) is 16.6 Å². The zero-order valence-electron chi connectivity index (χ0n) is 16.1. The van der Waals surface area contributed by atoms with Gasteiger partial charge in [0.1, 0.15) is 5.60 Å². The Morgan fingerprint density at radius 1 is 1.20 bits per heavy atom. The molecule has 0 aliphatic heterocycles. The van der Waals surface area contributed by atoms with Gasteiger partial charge in [-0.15, -0.1) is 0 Å². The predicted molar refractivity (Wildman–Crippen MR) is 97.8 cm³/mol. The fourth-order valence-electron chi connectivity index (χ4n) is 7.05. The number of carbonyl (C=O) groups is 1. The van der Waals surface area contributed by atoms with Crippen LogP contribution in [0.25, 0.3) is 0 Å². The van der Waals surface area contributed by atoms with E-state index < -0.39 is 5.60 Å². The summed E-state index contributed by atoms with van der Waals surface area (Å²) < 4.78 is 5.51. The summed E-state index contributed by atoms with van der Waals surface area (Å²) in [5.41, 5.74) is 0.330. The first-order chi connectivity index (χ1) is 11.8. The Bertz CT molecular complexity index is 662. The molecule has 0 heterocycles. The largest absolute Gasteiger partial charge is 0.501 e. The lowest BCUT2D eigenvalue weighted by Gasteiger charge is -2.57. The van der Waals surface area contributed by atoms with Crippen LogP contribution in [0.3, 0.4) is 0 Å². The first kappa shape index (κ1) is 17.3. The molecule has 0 bridgehead atoms. The Morgan fingerprint density at radius 3 is 2.60 bits per heavy atom. The van der Waals surface area contributed by atoms with E-state index in [0.29, 0.717) is 24.2 Å². The molecule has 0 unspecified atom stereocenters. The predicted octanol–water partition coefficient (Wildman–Crippen LogP) is 4.41. The average molecular weight is 344 g/mol. The summed E-state index contributed by atoms with van der Waals surface area (Å²) in [6.07, 6.45) is 11.7. The highest BCUT2D eigenvalue weighted by atomic mass is 16.5. The molecule has 4 aliphatic carbocycles. The molecule has 6 atom stereocenters. The van der Waals surface area contributed by atoms with Crippen molar-refractivity contribution in [3.63, 3.8) is 0 Å². The number of rotatable bonds is 2. The van der Waals surface area contributed by atoms with Crippen molar-refractivity contribution in [1.82, 2.24) is 0 Å². The van der Waals surface area contributed by atoms with Gasteiger partial charge in [-0.2, -0.15) is 0 Å². The van der Waals surface area contributed by atoms with Crippen molar-refractivity contribution in [3.8, 4) is 0 Å². The number of Topliss-reactive ketones (excluding diaryl/α,β-unsaturated/α-hetero) is 1. The monoisotopic (exact) mass is 344 g/mol. The molecule has 4 rings (SSSR count). The molecule has 138 valence electrons. The van der Waals surface area contributed by atoms with Gasteiger partial charge in [0, 0.05) is 11.8 Å². The van der Waals surface area contributed by atoms with Crippen LogP contribution in [0.15, 0.2) is 23.5 Å². The summed E-state index contributed by atoms with van der Waals surface area (Å²) in [5.74, 6) is 2.80. The maximum absolute atomic E-state index is 12.3. The number of methoxy groups -OCH3 is 1. The fourth-order valence-corrected chi connectivity index (χ4v) is 7.05. The zero-order chi connectivity index (χ0) is 18.0. The van der Waals surface area contributed by atoms with Crippen molar-refractivity contribution < 1.29 is 14.6 Å². The van der Waals surface area contributed by atoms with E-state index in [2.05, 4.69) is 26.0 Å². The van der Waals surface area contributed by atoms with Crippen LogP contribution in [0.2, 0.25) is 0 Å². The van der Waals surface area contributed by atoms with Gasteiger partial charge >= 0.3 is 0 Å². The van der Waals surface area contributed by atoms with Crippen molar-refractivity contribution in [2.24, 2.45) is 28.6 Å². The topological polar surface area (TPSA) is 46.5 Å². The first-order valence-electron chi connectivity index (χ1n) is 9.95. The molecule has 0 aromatic rings. The summed E-state index contributed by atoms with van der Waals surface area (Å²) >= 11 is 0. The normalized spacial score (nSPS) is 48.6. The van der Waals surface area contributed by atoms with Crippen LogP contribution in [0.4, 0.5) is 0 Å². The third-order valence-electron chi connectivity index (χ3n) is 8.73. The van der Waals surface area contributed by atoms with Crippen LogP contribution in [0.1, 0.15) is 65.7 Å². The number of hydrogen-bond donors (Lipinski definition) is 1. The van der Waals surface area contributed by atoms with Gasteiger partial charge in [-0.05, 0) is 80.3 Å². The molecule has 0 aromatic carbocycles. The lowest BCUT2D eigenvalue weighted by Crippen LogP contribution is -2.56. The summed E-state index contributed by atoms with van der Waals surface area (Å²) in [6, 6.07) is 0. The SMILES string of the molecule is COC1=CC2=CC[C@H]3[C@H]4CC[C@](O)(C(C)=O)[C@]4(C)CC[C@@H]3[C@@]2(C)CC1. The van der Waals surface area contributed by atoms with Gasteiger partial charge in [0.05, 0.1) is 12.9 Å². The van der Waals surface area contributed by atoms with Gasteiger partial charge in [-0.3, -0.25) is 4.79 Å². The number of allylic oxidation sites excluding steroid dienone is 4. The lowest BCUT2D eigenvalue weighted by molar-refractivity contribution is -0.158. The van der Waals surface area contributed by atoms with Crippen molar-refractivity contribution in [3.05, 3.63) is 23.5 Å². The van der Waals surface area contributed by atoms with Crippen molar-refractivity contribution in [2.75, 3.05) is 7.11 Å². The van der Waals surface area contributed by atoms with E-state index >= 15 is 0 Å². The van der Waals surface area contributed by atoms with Crippen LogP contribution in [-0.2, 0) is 9.53 Å². The number of hydrogen-bond acceptors (Lipinski definition) is 3. The molecule has 1 N–H and O–H groups in total. The smallest absolute Gasteiger partial charge is 0.161 e. The van der Waals surface area contributed by atoms with E-state index in [1.54, 1.807) is 14.0 Å². The molecule has 0 amide bonds. The first-order valence-corrected chi connectivity index (χ1v) is 9.95. The summed E-state index contributed by atoms with van der Waals surface area (Å²) in [6.45, 7) is 6.21. The standard InChI is InChI=1S/C22H32O3/c1-14(23)22(24)12-9-19-17-6-5-15-13-16(25-4)7-10-20(15,2)18(17)8-11-21(19,22)3/h5,13,17-19,24H,6-12H2,1-4H3/t17-,18+,19-,20+,21-,22+/m1/s1. The van der Waals surface area contributed by atoms with E-state index in [1.165, 1.54) is 5.57 Å². The van der Waals surface area contributed by atoms with Gasteiger partial charge in [0.15, 0.2) is 5.78 Å². The molecule has 0 radical (unpaired) electrons. The van der Waals surface area contributed by atoms with Gasteiger partial charge < -0.3 is 9.84 Å². The Morgan fingerprint density at radius 2 is 1.92 bits per heavy atom. The number of ether oxygens (including phenoxy) is 1. The highest BCUT2D eigenvalue weighted by molar-refractivity contribution is 5.86. The minimum Gasteiger partial charge on any atom is -0.501 e. The highest BCUT2D eigenvalue weighted by Gasteiger charge is 2.65. The van der Waals surface area contributed by atoms with Crippen LogP contribution >= 0.6 is 0 Å². The molecular weight excluding hydrogens is 312 g/mol. The molecule has 0 aromatic heterocycles. The molecule has 3 heteroatoms. The van der Waals surface area contributed by atoms with Crippen LogP contribution in [0, 0.1) is 28.6 Å². The Kier molecular flexibility index (Phi) is 3.78. The molecule has 2 saturated carbocycles. The van der Waals surface area contributed by atoms with Crippen LogP contribution in [0.5, 0.6) is 0 Å². The summed E-state index contributed by atoms with van der Waals surface area (Å²) in [5, 5.41) is 11.2.